The van der Waals surface area contributed by atoms with Gasteiger partial charge in [0, 0.05) is 0 Å². The highest BCUT2D eigenvalue weighted by atomic mass is 16.6. The van der Waals surface area contributed by atoms with Crippen molar-refractivity contribution in [3.8, 4) is 0 Å². The number of hydrogen-bond donors (Lipinski definition) is 0. The molecule has 6 rings (SSSR count). The molecule has 6 fully saturated rings. The zero-order chi connectivity index (χ0) is 16.5. The first kappa shape index (κ1) is 15.7. The summed E-state index contributed by atoms with van der Waals surface area (Å²) in [6, 6.07) is 0. The molecule has 0 aromatic rings. The predicted molar refractivity (Wildman–Crippen MR) is 94.3 cm³/mol. The molecule has 0 amide bonds. The summed E-state index contributed by atoms with van der Waals surface area (Å²) in [5.41, 5.74) is -0.199. The Balaban J connectivity index is 1.41. The van der Waals surface area contributed by atoms with E-state index in [9.17, 15) is 4.79 Å². The van der Waals surface area contributed by atoms with E-state index < -0.39 is 0 Å². The summed E-state index contributed by atoms with van der Waals surface area (Å²) in [5, 5.41) is 0. The molecule has 4 atom stereocenters. The Morgan fingerprint density at radius 2 is 1.58 bits per heavy atom. The Kier molecular flexibility index (Phi) is 3.43. The number of esters is 1. The van der Waals surface area contributed by atoms with Crippen LogP contribution in [0.3, 0.4) is 0 Å². The molecule has 6 aliphatic carbocycles. The van der Waals surface area contributed by atoms with Crippen LogP contribution in [0.5, 0.6) is 0 Å². The minimum atomic E-state index is -0.113. The summed E-state index contributed by atoms with van der Waals surface area (Å²) in [6.07, 6.45) is 13.9. The van der Waals surface area contributed by atoms with Crippen LogP contribution >= 0.6 is 0 Å². The topological polar surface area (TPSA) is 26.3 Å². The highest BCUT2D eigenvalue weighted by molar-refractivity contribution is 5.78. The predicted octanol–water partition coefficient (Wildman–Crippen LogP) is 5.35. The molecule has 6 bridgehead atoms. The van der Waals surface area contributed by atoms with Gasteiger partial charge in [-0.05, 0) is 106 Å². The molecule has 0 radical (unpaired) electrons. The van der Waals surface area contributed by atoms with Crippen molar-refractivity contribution in [2.24, 2.45) is 40.9 Å². The lowest BCUT2D eigenvalue weighted by molar-refractivity contribution is -0.199. The smallest absolute Gasteiger partial charge is 0.312 e. The lowest BCUT2D eigenvalue weighted by atomic mass is 9.49. The van der Waals surface area contributed by atoms with Crippen LogP contribution in [0.1, 0.15) is 84.5 Å². The zero-order valence-corrected chi connectivity index (χ0v) is 15.6. The number of ether oxygens (including phenoxy) is 1. The summed E-state index contributed by atoms with van der Waals surface area (Å²) in [7, 11) is 0. The summed E-state index contributed by atoms with van der Waals surface area (Å²) in [5.74, 6) is 4.69. The van der Waals surface area contributed by atoms with Gasteiger partial charge in [-0.15, -0.1) is 0 Å². The number of carbonyl (C=O) groups is 1. The Hall–Kier alpha value is -0.530. The molecule has 0 N–H and O–H groups in total. The zero-order valence-electron chi connectivity index (χ0n) is 15.6. The molecule has 1 unspecified atom stereocenters. The minimum Gasteiger partial charge on any atom is -0.458 e. The van der Waals surface area contributed by atoms with Crippen molar-refractivity contribution in [1.82, 2.24) is 0 Å². The van der Waals surface area contributed by atoms with Gasteiger partial charge < -0.3 is 4.74 Å². The highest BCUT2D eigenvalue weighted by Crippen LogP contribution is 2.62. The fraction of sp³-hybridized carbons (Fsp3) is 0.955. The van der Waals surface area contributed by atoms with Crippen molar-refractivity contribution in [3.63, 3.8) is 0 Å². The second kappa shape index (κ2) is 5.24. The fourth-order valence-corrected chi connectivity index (χ4v) is 8.14. The van der Waals surface area contributed by atoms with E-state index in [0.717, 1.165) is 55.8 Å². The number of fused-ring (bicyclic) bond motifs is 2. The van der Waals surface area contributed by atoms with Crippen molar-refractivity contribution in [3.05, 3.63) is 0 Å². The fourth-order valence-electron chi connectivity index (χ4n) is 8.14. The molecule has 134 valence electrons. The van der Waals surface area contributed by atoms with Crippen LogP contribution in [0.25, 0.3) is 0 Å². The molecule has 0 aromatic carbocycles. The molecule has 2 heteroatoms. The highest BCUT2D eigenvalue weighted by Gasteiger charge is 2.60. The molecule has 0 saturated heterocycles. The summed E-state index contributed by atoms with van der Waals surface area (Å²) >= 11 is 0. The average molecular weight is 331 g/mol. The molecule has 6 saturated carbocycles. The quantitative estimate of drug-likeness (QED) is 0.649. The first-order valence-corrected chi connectivity index (χ1v) is 10.8. The molecule has 0 spiro atoms. The van der Waals surface area contributed by atoms with E-state index in [0.29, 0.717) is 11.8 Å². The Morgan fingerprint density at radius 1 is 0.958 bits per heavy atom. The van der Waals surface area contributed by atoms with E-state index >= 15 is 0 Å². The lowest BCUT2D eigenvalue weighted by Crippen LogP contribution is -2.54. The van der Waals surface area contributed by atoms with E-state index in [1.165, 1.54) is 38.5 Å². The molecular weight excluding hydrogens is 296 g/mol. The van der Waals surface area contributed by atoms with Crippen LogP contribution in [0.2, 0.25) is 0 Å². The van der Waals surface area contributed by atoms with Crippen molar-refractivity contribution in [2.75, 3.05) is 0 Å². The molecule has 0 aromatic heterocycles. The molecule has 0 aliphatic heterocycles. The van der Waals surface area contributed by atoms with Gasteiger partial charge in [-0.2, -0.15) is 0 Å². The summed E-state index contributed by atoms with van der Waals surface area (Å²) in [6.45, 7) is 4.62. The minimum absolute atomic E-state index is 0.0863. The Bertz CT molecular complexity index is 503. The Morgan fingerprint density at radius 3 is 2.04 bits per heavy atom. The third-order valence-corrected chi connectivity index (χ3v) is 9.04. The van der Waals surface area contributed by atoms with Crippen LogP contribution in [-0.4, -0.2) is 11.6 Å². The van der Waals surface area contributed by atoms with Crippen molar-refractivity contribution in [1.29, 1.82) is 0 Å². The Labute approximate surface area is 147 Å². The number of hydrogen-bond acceptors (Lipinski definition) is 2. The second-order valence-electron chi connectivity index (χ2n) is 10.4. The largest absolute Gasteiger partial charge is 0.458 e. The van der Waals surface area contributed by atoms with Gasteiger partial charge in [0.15, 0.2) is 0 Å². The van der Waals surface area contributed by atoms with E-state index in [4.69, 9.17) is 4.74 Å². The van der Waals surface area contributed by atoms with E-state index in [1.807, 2.05) is 0 Å². The maximum Gasteiger partial charge on any atom is 0.312 e. The van der Waals surface area contributed by atoms with Gasteiger partial charge in [0.05, 0.1) is 5.41 Å². The lowest BCUT2D eigenvalue weighted by Gasteiger charge is -2.56. The van der Waals surface area contributed by atoms with Crippen molar-refractivity contribution >= 4 is 5.97 Å². The SMILES string of the molecule is CCC(C)[C@@]1(OC(=O)C23CC4CC(CC(C4)C2)C3)C[C@H]2CC[C@@H]1C2. The van der Waals surface area contributed by atoms with Gasteiger partial charge in [-0.1, -0.05) is 13.8 Å². The molecular formula is C22H34O2. The summed E-state index contributed by atoms with van der Waals surface area (Å²) < 4.78 is 6.63. The molecule has 24 heavy (non-hydrogen) atoms. The maximum atomic E-state index is 13.5. The van der Waals surface area contributed by atoms with Crippen LogP contribution in [0.4, 0.5) is 0 Å². The third kappa shape index (κ3) is 2.10. The van der Waals surface area contributed by atoms with Gasteiger partial charge in [-0.25, -0.2) is 0 Å². The van der Waals surface area contributed by atoms with E-state index in [1.54, 1.807) is 0 Å². The van der Waals surface area contributed by atoms with Gasteiger partial charge in [-0.3, -0.25) is 4.79 Å². The first-order valence-electron chi connectivity index (χ1n) is 10.8. The van der Waals surface area contributed by atoms with Crippen LogP contribution in [0, 0.1) is 40.9 Å². The van der Waals surface area contributed by atoms with Crippen LogP contribution in [-0.2, 0) is 9.53 Å². The number of carbonyl (C=O) groups excluding carboxylic acids is 1. The first-order chi connectivity index (χ1) is 11.5. The van der Waals surface area contributed by atoms with Gasteiger partial charge in [0.2, 0.25) is 0 Å². The van der Waals surface area contributed by atoms with E-state index in [2.05, 4.69) is 13.8 Å². The molecule has 0 heterocycles. The standard InChI is InChI=1S/C22H34O2/c1-3-14(2)22(13-15-4-5-19(22)9-15)24-20(23)21-10-16-6-17(11-21)8-18(7-16)12-21/h14-19H,3-13H2,1-2H3/t14?,15-,16?,17?,18?,19+,21?,22-/m0/s1. The van der Waals surface area contributed by atoms with Gasteiger partial charge >= 0.3 is 5.97 Å². The van der Waals surface area contributed by atoms with E-state index in [-0.39, 0.29) is 17.0 Å². The third-order valence-electron chi connectivity index (χ3n) is 9.04. The van der Waals surface area contributed by atoms with Crippen molar-refractivity contribution < 1.29 is 9.53 Å². The monoisotopic (exact) mass is 330 g/mol. The van der Waals surface area contributed by atoms with Gasteiger partial charge in [0.1, 0.15) is 5.60 Å². The second-order valence-corrected chi connectivity index (χ2v) is 10.4. The average Bonchev–Trinajstić information content (AvgIpc) is 3.14. The van der Waals surface area contributed by atoms with Gasteiger partial charge in [0.25, 0.3) is 0 Å². The number of rotatable bonds is 4. The molecule has 6 aliphatic rings. The maximum absolute atomic E-state index is 13.5. The van der Waals surface area contributed by atoms with Crippen LogP contribution < -0.4 is 0 Å². The van der Waals surface area contributed by atoms with Crippen LogP contribution in [0.15, 0.2) is 0 Å². The van der Waals surface area contributed by atoms with Crippen molar-refractivity contribution in [2.45, 2.75) is 90.1 Å². The normalized spacial score (nSPS) is 52.7. The summed E-state index contributed by atoms with van der Waals surface area (Å²) in [4.78, 5) is 13.5. The molecule has 2 nitrogen and oxygen atoms in total.